The van der Waals surface area contributed by atoms with Gasteiger partial charge in [0, 0.05) is 27.6 Å². The highest BCUT2D eigenvalue weighted by Crippen LogP contribution is 2.38. The fourth-order valence-electron chi connectivity index (χ4n) is 3.47. The SMILES string of the molecule is COC(=O)N(COC(C)C)C(=O)c1ccc(C2=NOC(C)(c3cc(Cl)cc(Cl)c3)C2)cc1C. The number of imide groups is 1. The van der Waals surface area contributed by atoms with Gasteiger partial charge in [0.25, 0.3) is 5.91 Å². The van der Waals surface area contributed by atoms with E-state index in [1.54, 1.807) is 37.3 Å². The first-order valence-corrected chi connectivity index (χ1v) is 11.1. The fraction of sp³-hybridized carbons (Fsp3) is 0.375. The Hall–Kier alpha value is -2.61. The molecule has 0 spiro atoms. The van der Waals surface area contributed by atoms with Gasteiger partial charge in [0.15, 0.2) is 5.60 Å². The highest BCUT2D eigenvalue weighted by atomic mass is 35.5. The predicted octanol–water partition coefficient (Wildman–Crippen LogP) is 5.93. The highest BCUT2D eigenvalue weighted by molar-refractivity contribution is 6.34. The van der Waals surface area contributed by atoms with Crippen LogP contribution in [0.2, 0.25) is 10.0 Å². The smallest absolute Gasteiger partial charge is 0.418 e. The number of methoxy groups -OCH3 is 1. The predicted molar refractivity (Wildman–Crippen MR) is 127 cm³/mol. The molecule has 3 rings (SSSR count). The summed E-state index contributed by atoms with van der Waals surface area (Å²) < 4.78 is 10.2. The number of amides is 2. The molecule has 0 N–H and O–H groups in total. The topological polar surface area (TPSA) is 77.4 Å². The van der Waals surface area contributed by atoms with Crippen molar-refractivity contribution in [3.05, 3.63) is 68.7 Å². The first-order valence-electron chi connectivity index (χ1n) is 10.4. The minimum Gasteiger partial charge on any atom is -0.452 e. The van der Waals surface area contributed by atoms with Crippen LogP contribution in [-0.4, -0.2) is 42.6 Å². The van der Waals surface area contributed by atoms with Crippen LogP contribution < -0.4 is 0 Å². The van der Waals surface area contributed by atoms with Crippen LogP contribution in [0.1, 0.15) is 54.2 Å². The summed E-state index contributed by atoms with van der Waals surface area (Å²) in [5, 5.41) is 5.32. The van der Waals surface area contributed by atoms with Gasteiger partial charge in [0.2, 0.25) is 0 Å². The van der Waals surface area contributed by atoms with Crippen molar-refractivity contribution in [1.82, 2.24) is 4.90 Å². The molecule has 0 radical (unpaired) electrons. The molecule has 1 aliphatic rings. The summed E-state index contributed by atoms with van der Waals surface area (Å²) in [4.78, 5) is 31.9. The standard InChI is InChI=1S/C24H26Cl2N2O5/c1-14(2)32-13-28(23(30)31-5)22(29)20-7-6-16(8-15(20)3)21-12-24(4,33-27-21)17-9-18(25)11-19(26)10-17/h6-11,14H,12-13H2,1-5H3. The average molecular weight is 493 g/mol. The highest BCUT2D eigenvalue weighted by Gasteiger charge is 2.37. The second kappa shape index (κ2) is 10.1. The summed E-state index contributed by atoms with van der Waals surface area (Å²) in [5.74, 6) is -0.505. The van der Waals surface area contributed by atoms with Crippen molar-refractivity contribution in [3.8, 4) is 0 Å². The maximum atomic E-state index is 13.0. The van der Waals surface area contributed by atoms with Crippen molar-refractivity contribution in [2.45, 2.75) is 45.8 Å². The van der Waals surface area contributed by atoms with Crippen LogP contribution in [-0.2, 0) is 19.9 Å². The summed E-state index contributed by atoms with van der Waals surface area (Å²) in [6.45, 7) is 7.14. The van der Waals surface area contributed by atoms with Crippen LogP contribution in [0.25, 0.3) is 0 Å². The zero-order valence-corrected chi connectivity index (χ0v) is 20.7. The van der Waals surface area contributed by atoms with Gasteiger partial charge in [-0.3, -0.25) is 4.79 Å². The monoisotopic (exact) mass is 492 g/mol. The van der Waals surface area contributed by atoms with E-state index in [4.69, 9.17) is 37.5 Å². The van der Waals surface area contributed by atoms with Crippen LogP contribution in [0, 0.1) is 6.92 Å². The van der Waals surface area contributed by atoms with Crippen molar-refractivity contribution in [2.75, 3.05) is 13.8 Å². The normalized spacial score (nSPS) is 17.5. The third-order valence-electron chi connectivity index (χ3n) is 5.30. The van der Waals surface area contributed by atoms with E-state index in [9.17, 15) is 9.59 Å². The van der Waals surface area contributed by atoms with E-state index in [0.717, 1.165) is 21.7 Å². The number of hydrogen-bond donors (Lipinski definition) is 0. The molecule has 9 heteroatoms. The van der Waals surface area contributed by atoms with E-state index in [2.05, 4.69) is 5.16 Å². The number of halogens is 2. The maximum absolute atomic E-state index is 13.0. The minimum atomic E-state index is -0.784. The van der Waals surface area contributed by atoms with E-state index in [1.165, 1.54) is 7.11 Å². The van der Waals surface area contributed by atoms with E-state index >= 15 is 0 Å². The van der Waals surface area contributed by atoms with E-state index in [-0.39, 0.29) is 12.8 Å². The Morgan fingerprint density at radius 2 is 1.85 bits per heavy atom. The first-order chi connectivity index (χ1) is 15.5. The van der Waals surface area contributed by atoms with Gasteiger partial charge < -0.3 is 14.3 Å². The number of ether oxygens (including phenoxy) is 2. The lowest BCUT2D eigenvalue weighted by molar-refractivity contribution is -0.00740. The van der Waals surface area contributed by atoms with Crippen LogP contribution in [0.15, 0.2) is 41.6 Å². The molecule has 0 bridgehead atoms. The first kappa shape index (κ1) is 25.0. The van der Waals surface area contributed by atoms with E-state index in [1.807, 2.05) is 26.8 Å². The molecule has 1 unspecified atom stereocenters. The minimum absolute atomic E-state index is 0.155. The molecule has 1 aliphatic heterocycles. The van der Waals surface area contributed by atoms with Gasteiger partial charge in [-0.2, -0.15) is 0 Å². The zero-order valence-electron chi connectivity index (χ0n) is 19.1. The molecule has 7 nitrogen and oxygen atoms in total. The Morgan fingerprint density at radius 3 is 2.42 bits per heavy atom. The van der Waals surface area contributed by atoms with Gasteiger partial charge >= 0.3 is 6.09 Å². The van der Waals surface area contributed by atoms with Crippen molar-refractivity contribution < 1.29 is 23.9 Å². The van der Waals surface area contributed by atoms with Crippen LogP contribution in [0.3, 0.4) is 0 Å². The number of benzene rings is 2. The van der Waals surface area contributed by atoms with Gasteiger partial charge in [-0.1, -0.05) is 34.4 Å². The Bertz CT molecular complexity index is 1080. The summed E-state index contributed by atoms with van der Waals surface area (Å²) in [6.07, 6.45) is -0.446. The molecule has 2 aromatic carbocycles. The molecule has 0 aromatic heterocycles. The lowest BCUT2D eigenvalue weighted by Gasteiger charge is -2.22. The Morgan fingerprint density at radius 1 is 1.18 bits per heavy atom. The number of nitrogens with zero attached hydrogens (tertiary/aromatic N) is 2. The summed E-state index contributed by atoms with van der Waals surface area (Å²) in [5.41, 5.74) is 2.68. The quantitative estimate of drug-likeness (QED) is 0.466. The number of carbonyl (C=O) groups excluding carboxylic acids is 2. The number of hydrogen-bond acceptors (Lipinski definition) is 6. The maximum Gasteiger partial charge on any atom is 0.418 e. The lowest BCUT2D eigenvalue weighted by Crippen LogP contribution is -2.39. The van der Waals surface area contributed by atoms with Gasteiger partial charge in [0.05, 0.1) is 18.9 Å². The summed E-state index contributed by atoms with van der Waals surface area (Å²) in [7, 11) is 1.22. The molecular weight excluding hydrogens is 467 g/mol. The molecule has 176 valence electrons. The Labute approximate surface area is 203 Å². The van der Waals surface area contributed by atoms with Gasteiger partial charge in [-0.05, 0) is 69.2 Å². The second-order valence-corrected chi connectivity index (χ2v) is 9.15. The summed E-state index contributed by atoms with van der Waals surface area (Å²) >= 11 is 12.3. The largest absolute Gasteiger partial charge is 0.452 e. The molecule has 0 saturated heterocycles. The molecule has 0 fully saturated rings. The Kier molecular flexibility index (Phi) is 7.67. The van der Waals surface area contributed by atoms with Crippen molar-refractivity contribution in [3.63, 3.8) is 0 Å². The number of aryl methyl sites for hydroxylation is 1. The molecule has 2 aromatic rings. The van der Waals surface area contributed by atoms with Crippen LogP contribution >= 0.6 is 23.2 Å². The number of rotatable bonds is 6. The molecular formula is C24H26Cl2N2O5. The molecule has 0 aliphatic carbocycles. The van der Waals surface area contributed by atoms with Gasteiger partial charge in [-0.25, -0.2) is 9.69 Å². The van der Waals surface area contributed by atoms with Crippen molar-refractivity contribution in [2.24, 2.45) is 5.16 Å². The lowest BCUT2D eigenvalue weighted by atomic mass is 9.88. The number of carbonyl (C=O) groups is 2. The van der Waals surface area contributed by atoms with Crippen LogP contribution in [0.4, 0.5) is 4.79 Å². The fourth-order valence-corrected chi connectivity index (χ4v) is 3.99. The average Bonchev–Trinajstić information content (AvgIpc) is 3.16. The van der Waals surface area contributed by atoms with E-state index < -0.39 is 17.6 Å². The summed E-state index contributed by atoms with van der Waals surface area (Å²) in [6, 6.07) is 10.5. The van der Waals surface area contributed by atoms with E-state index in [0.29, 0.717) is 27.6 Å². The second-order valence-electron chi connectivity index (χ2n) is 8.27. The molecule has 1 heterocycles. The third kappa shape index (κ3) is 5.66. The van der Waals surface area contributed by atoms with Crippen LogP contribution in [0.5, 0.6) is 0 Å². The molecule has 33 heavy (non-hydrogen) atoms. The van der Waals surface area contributed by atoms with Gasteiger partial charge in [-0.15, -0.1) is 0 Å². The molecule has 1 atom stereocenters. The third-order valence-corrected chi connectivity index (χ3v) is 5.74. The van der Waals surface area contributed by atoms with Crippen molar-refractivity contribution in [1.29, 1.82) is 0 Å². The Balaban J connectivity index is 1.81. The molecule has 2 amide bonds. The zero-order chi connectivity index (χ0) is 24.3. The van der Waals surface area contributed by atoms with Gasteiger partial charge in [0.1, 0.15) is 6.73 Å². The molecule has 0 saturated carbocycles. The number of oxime groups is 1. The van der Waals surface area contributed by atoms with Crippen molar-refractivity contribution >= 4 is 40.9 Å².